The van der Waals surface area contributed by atoms with Crippen molar-refractivity contribution in [3.63, 3.8) is 0 Å². The van der Waals surface area contributed by atoms with Gasteiger partial charge in [0.2, 0.25) is 0 Å². The van der Waals surface area contributed by atoms with Crippen molar-refractivity contribution >= 4 is 12.1 Å². The van der Waals surface area contributed by atoms with Crippen LogP contribution in [0.1, 0.15) is 58.1 Å². The van der Waals surface area contributed by atoms with E-state index in [9.17, 15) is 9.59 Å². The maximum Gasteiger partial charge on any atom is 0.408 e. The fraction of sp³-hybridized carbons (Fsp3) is 0.500. The molecule has 1 aliphatic rings. The van der Waals surface area contributed by atoms with Crippen molar-refractivity contribution in [1.82, 2.24) is 5.32 Å². The summed E-state index contributed by atoms with van der Waals surface area (Å²) >= 11 is 0. The van der Waals surface area contributed by atoms with E-state index < -0.39 is 17.7 Å². The van der Waals surface area contributed by atoms with E-state index >= 15 is 0 Å². The molecule has 0 unspecified atom stereocenters. The van der Waals surface area contributed by atoms with E-state index in [-0.39, 0.29) is 18.0 Å². The Hall–Kier alpha value is -2.82. The lowest BCUT2D eigenvalue weighted by Crippen LogP contribution is -2.45. The highest BCUT2D eigenvalue weighted by molar-refractivity contribution is 5.81. The van der Waals surface area contributed by atoms with E-state index in [4.69, 9.17) is 9.47 Å². The van der Waals surface area contributed by atoms with Crippen LogP contribution < -0.4 is 5.32 Å². The number of hydrogen-bond acceptors (Lipinski definition) is 4. The minimum atomic E-state index is -0.699. The molecule has 0 aliphatic carbocycles. The molecule has 1 N–H and O–H groups in total. The SMILES string of the molecule is C[C@@H]1OC(=O)[C@@H](NC(=O)OC(C)(C)C)CCC[C@H](Cc2ccccc2)[C@H]1Cc1ccccc1. The van der Waals surface area contributed by atoms with Gasteiger partial charge in [0.25, 0.3) is 0 Å². The van der Waals surface area contributed by atoms with Crippen molar-refractivity contribution in [2.45, 2.75) is 77.5 Å². The number of carbonyl (C=O) groups is 2. The Balaban J connectivity index is 1.79. The van der Waals surface area contributed by atoms with Crippen LogP contribution >= 0.6 is 0 Å². The molecule has 1 aliphatic heterocycles. The largest absolute Gasteiger partial charge is 0.461 e. The summed E-state index contributed by atoms with van der Waals surface area (Å²) in [4.78, 5) is 25.3. The lowest BCUT2D eigenvalue weighted by Gasteiger charge is -2.31. The van der Waals surface area contributed by atoms with E-state index in [0.29, 0.717) is 12.3 Å². The maximum absolute atomic E-state index is 13.0. The van der Waals surface area contributed by atoms with Crippen LogP contribution in [0.3, 0.4) is 0 Å². The molecule has 0 radical (unpaired) electrons. The van der Waals surface area contributed by atoms with Crippen LogP contribution in [-0.2, 0) is 27.1 Å². The van der Waals surface area contributed by atoms with Crippen molar-refractivity contribution < 1.29 is 19.1 Å². The second-order valence-corrected chi connectivity index (χ2v) is 10.1. The van der Waals surface area contributed by atoms with Crippen LogP contribution in [0.4, 0.5) is 4.79 Å². The summed E-state index contributed by atoms with van der Waals surface area (Å²) in [5.41, 5.74) is 1.91. The third-order valence-corrected chi connectivity index (χ3v) is 6.21. The van der Waals surface area contributed by atoms with E-state index in [2.05, 4.69) is 41.7 Å². The van der Waals surface area contributed by atoms with Gasteiger partial charge in [0, 0.05) is 5.92 Å². The molecule has 0 aromatic heterocycles. The molecule has 4 atom stereocenters. The third-order valence-electron chi connectivity index (χ3n) is 6.21. The number of hydrogen-bond donors (Lipinski definition) is 1. The highest BCUT2D eigenvalue weighted by Crippen LogP contribution is 2.32. The Labute approximate surface area is 197 Å². The molecule has 1 saturated heterocycles. The van der Waals surface area contributed by atoms with E-state index in [1.807, 2.05) is 31.2 Å². The predicted octanol–water partition coefficient (Wildman–Crippen LogP) is 5.71. The minimum Gasteiger partial charge on any atom is -0.461 e. The zero-order valence-electron chi connectivity index (χ0n) is 20.3. The monoisotopic (exact) mass is 451 g/mol. The van der Waals surface area contributed by atoms with Crippen LogP contribution in [0.5, 0.6) is 0 Å². The first-order chi connectivity index (χ1) is 15.7. The number of ether oxygens (including phenoxy) is 2. The average Bonchev–Trinajstić information content (AvgIpc) is 2.80. The molecule has 3 rings (SSSR count). The van der Waals surface area contributed by atoms with E-state index in [1.54, 1.807) is 20.8 Å². The molecule has 0 spiro atoms. The zero-order valence-corrected chi connectivity index (χ0v) is 20.3. The van der Waals surface area contributed by atoms with Gasteiger partial charge in [-0.15, -0.1) is 0 Å². The van der Waals surface area contributed by atoms with Gasteiger partial charge in [0.15, 0.2) is 0 Å². The molecule has 5 heteroatoms. The molecule has 1 amide bonds. The van der Waals surface area contributed by atoms with Gasteiger partial charge in [-0.1, -0.05) is 67.1 Å². The van der Waals surface area contributed by atoms with Gasteiger partial charge in [-0.2, -0.15) is 0 Å². The van der Waals surface area contributed by atoms with Gasteiger partial charge in [-0.3, -0.25) is 0 Å². The molecule has 0 bridgehead atoms. The highest BCUT2D eigenvalue weighted by Gasteiger charge is 2.34. The third kappa shape index (κ3) is 7.92. The second-order valence-electron chi connectivity index (χ2n) is 10.1. The number of amides is 1. The summed E-state index contributed by atoms with van der Waals surface area (Å²) in [6.07, 6.45) is 3.24. The smallest absolute Gasteiger partial charge is 0.408 e. The van der Waals surface area contributed by atoms with E-state index in [0.717, 1.165) is 25.7 Å². The normalized spacial score (nSPS) is 24.1. The van der Waals surface area contributed by atoms with Gasteiger partial charge in [-0.25, -0.2) is 9.59 Å². The Kier molecular flexibility index (Phi) is 8.54. The maximum atomic E-state index is 13.0. The van der Waals surface area contributed by atoms with E-state index in [1.165, 1.54) is 11.1 Å². The second kappa shape index (κ2) is 11.4. The van der Waals surface area contributed by atoms with Gasteiger partial charge in [0.1, 0.15) is 17.7 Å². The van der Waals surface area contributed by atoms with Crippen LogP contribution in [0.2, 0.25) is 0 Å². The van der Waals surface area contributed by atoms with Crippen molar-refractivity contribution in [3.05, 3.63) is 71.8 Å². The molecular formula is C28H37NO4. The first-order valence-electron chi connectivity index (χ1n) is 12.0. The number of esters is 1. The van der Waals surface area contributed by atoms with Crippen molar-refractivity contribution in [1.29, 1.82) is 0 Å². The number of rotatable bonds is 5. The minimum absolute atomic E-state index is 0.178. The van der Waals surface area contributed by atoms with Crippen molar-refractivity contribution in [3.8, 4) is 0 Å². The predicted molar refractivity (Wildman–Crippen MR) is 130 cm³/mol. The van der Waals surface area contributed by atoms with Gasteiger partial charge >= 0.3 is 12.1 Å². The van der Waals surface area contributed by atoms with Gasteiger partial charge in [-0.05, 0) is 70.4 Å². The fourth-order valence-corrected chi connectivity index (χ4v) is 4.62. The molecule has 5 nitrogen and oxygen atoms in total. The Morgan fingerprint density at radius 3 is 2.12 bits per heavy atom. The highest BCUT2D eigenvalue weighted by atomic mass is 16.6. The fourth-order valence-electron chi connectivity index (χ4n) is 4.62. The number of benzene rings is 2. The van der Waals surface area contributed by atoms with Crippen LogP contribution in [0, 0.1) is 11.8 Å². The first-order valence-corrected chi connectivity index (χ1v) is 12.0. The summed E-state index contributed by atoms with van der Waals surface area (Å²) in [6.45, 7) is 7.40. The number of cyclic esters (lactones) is 1. The Bertz CT molecular complexity index is 891. The molecule has 178 valence electrons. The average molecular weight is 452 g/mol. The topological polar surface area (TPSA) is 64.6 Å². The molecule has 33 heavy (non-hydrogen) atoms. The summed E-state index contributed by atoms with van der Waals surface area (Å²) in [7, 11) is 0. The summed E-state index contributed by atoms with van der Waals surface area (Å²) < 4.78 is 11.3. The lowest BCUT2D eigenvalue weighted by atomic mass is 9.77. The van der Waals surface area contributed by atoms with Crippen molar-refractivity contribution in [2.24, 2.45) is 11.8 Å². The lowest BCUT2D eigenvalue weighted by molar-refractivity contribution is -0.154. The quantitative estimate of drug-likeness (QED) is 0.591. The van der Waals surface area contributed by atoms with Crippen molar-refractivity contribution in [2.75, 3.05) is 0 Å². The summed E-state index contributed by atoms with van der Waals surface area (Å²) in [5.74, 6) is 0.152. The van der Waals surface area contributed by atoms with Gasteiger partial charge < -0.3 is 14.8 Å². The molecule has 1 heterocycles. The molecule has 2 aromatic carbocycles. The Morgan fingerprint density at radius 1 is 0.970 bits per heavy atom. The van der Waals surface area contributed by atoms with Crippen LogP contribution in [0.15, 0.2) is 60.7 Å². The summed E-state index contributed by atoms with van der Waals surface area (Å²) in [5, 5.41) is 2.73. The summed E-state index contributed by atoms with van der Waals surface area (Å²) in [6, 6.07) is 20.2. The molecular weight excluding hydrogens is 414 g/mol. The molecule has 1 fully saturated rings. The van der Waals surface area contributed by atoms with Crippen LogP contribution in [0.25, 0.3) is 0 Å². The number of carbonyl (C=O) groups excluding carboxylic acids is 2. The molecule has 0 saturated carbocycles. The number of alkyl carbamates (subject to hydrolysis) is 1. The van der Waals surface area contributed by atoms with Gasteiger partial charge in [0.05, 0.1) is 0 Å². The standard InChI is InChI=1S/C28H37NO4/c1-20-24(19-22-14-9-6-10-15-22)23(18-21-12-7-5-8-13-21)16-11-17-25(26(30)32-20)29-27(31)33-28(2,3)4/h5-10,12-15,20,23-25H,11,16-19H2,1-4H3,(H,29,31)/t20-,23+,24-,25-/m0/s1. The van der Waals surface area contributed by atoms with Crippen LogP contribution in [-0.4, -0.2) is 29.8 Å². The first kappa shape index (κ1) is 24.8. The number of nitrogens with one attached hydrogen (secondary N) is 1. The zero-order chi connectivity index (χ0) is 23.8. The molecule has 2 aromatic rings. The Morgan fingerprint density at radius 2 is 1.55 bits per heavy atom.